The fourth-order valence-electron chi connectivity index (χ4n) is 1.92. The number of unbranched alkanes of at least 4 members (excludes halogenated alkanes) is 1. The van der Waals surface area contributed by atoms with Crippen molar-refractivity contribution in [1.29, 1.82) is 0 Å². The molecule has 3 N–H and O–H groups in total. The number of hydrazine groups is 1. The minimum Gasteiger partial charge on any atom is -0.493 e. The zero-order chi connectivity index (χ0) is 16.3. The zero-order valence-corrected chi connectivity index (χ0v) is 14.0. The van der Waals surface area contributed by atoms with Crippen molar-refractivity contribution in [2.45, 2.75) is 19.8 Å². The lowest BCUT2D eigenvalue weighted by molar-refractivity contribution is -0.499. The van der Waals surface area contributed by atoms with E-state index < -0.39 is 0 Å². The smallest absolute Gasteiger partial charge is 0.228 e. The molecule has 0 fully saturated rings. The Morgan fingerprint density at radius 3 is 2.65 bits per heavy atom. The van der Waals surface area contributed by atoms with Crippen LogP contribution in [0.25, 0.3) is 0 Å². The Morgan fingerprint density at radius 2 is 1.87 bits per heavy atom. The molecule has 0 amide bonds. The molecule has 120 valence electrons. The molecule has 2 aromatic rings. The van der Waals surface area contributed by atoms with Gasteiger partial charge in [0.15, 0.2) is 0 Å². The van der Waals surface area contributed by atoms with Gasteiger partial charge in [-0.2, -0.15) is 0 Å². The maximum absolute atomic E-state index is 5.78. The number of ether oxygens (including phenoxy) is 1. The Morgan fingerprint density at radius 1 is 1.13 bits per heavy atom. The maximum Gasteiger partial charge on any atom is 0.228 e. The fourth-order valence-corrected chi connectivity index (χ4v) is 2.10. The van der Waals surface area contributed by atoms with E-state index in [-0.39, 0.29) is 0 Å². The van der Waals surface area contributed by atoms with Gasteiger partial charge in [0.25, 0.3) is 0 Å². The number of hydrogen-bond acceptors (Lipinski definition) is 2. The van der Waals surface area contributed by atoms with Crippen molar-refractivity contribution in [3.05, 3.63) is 60.2 Å². The van der Waals surface area contributed by atoms with Crippen molar-refractivity contribution in [3.63, 3.8) is 0 Å². The molecule has 4 nitrogen and oxygen atoms in total. The largest absolute Gasteiger partial charge is 0.493 e. The first-order valence-electron chi connectivity index (χ1n) is 7.72. The van der Waals surface area contributed by atoms with E-state index in [1.807, 2.05) is 60.8 Å². The highest BCUT2D eigenvalue weighted by atomic mass is 32.1. The van der Waals surface area contributed by atoms with E-state index in [2.05, 4.69) is 22.8 Å². The second-order valence-corrected chi connectivity index (χ2v) is 5.38. The lowest BCUT2D eigenvalue weighted by atomic mass is 10.2. The van der Waals surface area contributed by atoms with Crippen molar-refractivity contribution in [1.82, 2.24) is 5.43 Å². The van der Waals surface area contributed by atoms with E-state index in [0.29, 0.717) is 5.11 Å². The monoisotopic (exact) mass is 328 g/mol. The number of para-hydroxylation sites is 2. The van der Waals surface area contributed by atoms with E-state index in [1.165, 1.54) is 0 Å². The van der Waals surface area contributed by atoms with Gasteiger partial charge in [0.2, 0.25) is 11.3 Å². The minimum atomic E-state index is 0.497. The summed E-state index contributed by atoms with van der Waals surface area (Å²) in [5.74, 6) is 0.859. The lowest BCUT2D eigenvalue weighted by Crippen LogP contribution is -2.82. The van der Waals surface area contributed by atoms with Gasteiger partial charge in [0.05, 0.1) is 12.2 Å². The number of rotatable bonds is 7. The van der Waals surface area contributed by atoms with Crippen molar-refractivity contribution >= 4 is 29.2 Å². The Balaban J connectivity index is 1.88. The molecule has 0 aliphatic rings. The Hall–Kier alpha value is -2.40. The Labute approximate surface area is 142 Å². The first kappa shape index (κ1) is 17.0. The lowest BCUT2D eigenvalue weighted by Gasteiger charge is -2.07. The summed E-state index contributed by atoms with van der Waals surface area (Å²) in [5.41, 5.74) is 4.84. The third-order valence-corrected chi connectivity index (χ3v) is 3.32. The van der Waals surface area contributed by atoms with Crippen LogP contribution in [0.15, 0.2) is 54.6 Å². The Kier molecular flexibility index (Phi) is 7.07. The van der Waals surface area contributed by atoms with Crippen molar-refractivity contribution in [2.75, 3.05) is 11.9 Å². The van der Waals surface area contributed by atoms with Gasteiger partial charge in [-0.1, -0.05) is 43.7 Å². The first-order chi connectivity index (χ1) is 11.3. The van der Waals surface area contributed by atoms with Gasteiger partial charge < -0.3 is 10.1 Å². The predicted octanol–water partition coefficient (Wildman–Crippen LogP) is 2.27. The van der Waals surface area contributed by atoms with Crippen LogP contribution < -0.4 is 20.6 Å². The van der Waals surface area contributed by atoms with Crippen LogP contribution >= 0.6 is 12.2 Å². The number of hydrogen-bond donors (Lipinski definition) is 3. The van der Waals surface area contributed by atoms with Crippen molar-refractivity contribution in [3.8, 4) is 5.75 Å². The van der Waals surface area contributed by atoms with Crippen LogP contribution in [0.4, 0.5) is 5.69 Å². The summed E-state index contributed by atoms with van der Waals surface area (Å²) in [6, 6.07) is 17.7. The second-order valence-electron chi connectivity index (χ2n) is 4.97. The van der Waals surface area contributed by atoms with Crippen LogP contribution in [0, 0.1) is 0 Å². The molecular formula is C18H22N3OS+. The molecule has 23 heavy (non-hydrogen) atoms. The molecule has 0 saturated carbocycles. The molecule has 0 bridgehead atoms. The second kappa shape index (κ2) is 9.58. The first-order valence-corrected chi connectivity index (χ1v) is 8.13. The van der Waals surface area contributed by atoms with Gasteiger partial charge in [-0.25, -0.2) is 0 Å². The highest BCUT2D eigenvalue weighted by Gasteiger charge is 2.03. The zero-order valence-electron chi connectivity index (χ0n) is 13.2. The summed E-state index contributed by atoms with van der Waals surface area (Å²) >= 11 is 5.23. The van der Waals surface area contributed by atoms with Gasteiger partial charge >= 0.3 is 0 Å². The van der Waals surface area contributed by atoms with Gasteiger partial charge in [0, 0.05) is 5.69 Å². The summed E-state index contributed by atoms with van der Waals surface area (Å²) in [4.78, 5) is 0. The molecule has 0 aliphatic carbocycles. The van der Waals surface area contributed by atoms with Gasteiger partial charge in [-0.15, -0.1) is 10.5 Å². The summed E-state index contributed by atoms with van der Waals surface area (Å²) < 4.78 is 5.78. The number of anilines is 1. The van der Waals surface area contributed by atoms with E-state index in [4.69, 9.17) is 17.0 Å². The minimum absolute atomic E-state index is 0.497. The number of benzene rings is 2. The molecule has 2 aromatic carbocycles. The van der Waals surface area contributed by atoms with Crippen LogP contribution in [0.3, 0.4) is 0 Å². The molecule has 0 unspecified atom stereocenters. The summed E-state index contributed by atoms with van der Waals surface area (Å²) in [5, 5.41) is 6.58. The number of hydrazone groups is 1. The van der Waals surface area contributed by atoms with Gasteiger partial charge in [0.1, 0.15) is 5.75 Å². The van der Waals surface area contributed by atoms with Gasteiger partial charge in [-0.05, 0) is 42.9 Å². The third-order valence-electron chi connectivity index (χ3n) is 3.12. The van der Waals surface area contributed by atoms with Crippen LogP contribution in [-0.2, 0) is 0 Å². The number of thiocarbonyl (C=S) groups is 1. The Bertz CT molecular complexity index is 644. The van der Waals surface area contributed by atoms with Crippen LogP contribution in [0.5, 0.6) is 5.75 Å². The van der Waals surface area contributed by atoms with Gasteiger partial charge in [-0.3, -0.25) is 0 Å². The summed E-state index contributed by atoms with van der Waals surface area (Å²) in [6.07, 6.45) is 4.00. The average Bonchev–Trinajstić information content (AvgIpc) is 2.57. The standard InChI is InChI=1S/C18H21N3OS/c1-2-3-13-22-17-12-8-7-9-15(17)14-19-21-18(23)20-16-10-5-4-6-11-16/h4-12,14H,2-3,13H2,1H3,(H2,20,21,23)/p+1. The molecule has 2 rings (SSSR count). The van der Waals surface area contributed by atoms with E-state index >= 15 is 0 Å². The molecule has 0 radical (unpaired) electrons. The number of nitrogens with one attached hydrogen (secondary N) is 3. The molecule has 0 aliphatic heterocycles. The van der Waals surface area contributed by atoms with E-state index in [0.717, 1.165) is 36.4 Å². The molecular weight excluding hydrogens is 306 g/mol. The van der Waals surface area contributed by atoms with E-state index in [9.17, 15) is 0 Å². The average molecular weight is 328 g/mol. The maximum atomic E-state index is 5.78. The topological polar surface area (TPSA) is 47.3 Å². The van der Waals surface area contributed by atoms with Crippen LogP contribution in [0.2, 0.25) is 0 Å². The molecule has 5 heteroatoms. The predicted molar refractivity (Wildman–Crippen MR) is 98.8 cm³/mol. The fraction of sp³-hybridized carbons (Fsp3) is 0.222. The van der Waals surface area contributed by atoms with E-state index in [1.54, 1.807) is 0 Å². The normalized spacial score (nSPS) is 10.5. The summed E-state index contributed by atoms with van der Waals surface area (Å²) in [7, 11) is 0. The SMILES string of the molecule is CCCCOc1ccccc1C=[NH+]NC(=S)Nc1ccccc1. The molecule has 0 atom stereocenters. The molecule has 0 heterocycles. The van der Waals surface area contributed by atoms with Crippen LogP contribution in [-0.4, -0.2) is 17.9 Å². The van der Waals surface area contributed by atoms with Crippen molar-refractivity contribution < 1.29 is 9.84 Å². The highest BCUT2D eigenvalue weighted by molar-refractivity contribution is 7.80. The molecule has 0 spiro atoms. The summed E-state index contributed by atoms with van der Waals surface area (Å²) in [6.45, 7) is 2.87. The highest BCUT2D eigenvalue weighted by Crippen LogP contribution is 2.15. The third kappa shape index (κ3) is 6.08. The molecule has 0 aromatic heterocycles. The van der Waals surface area contributed by atoms with Crippen molar-refractivity contribution in [2.24, 2.45) is 0 Å². The quantitative estimate of drug-likeness (QED) is 0.316. The van der Waals surface area contributed by atoms with Crippen LogP contribution in [0.1, 0.15) is 25.3 Å². The molecule has 0 saturated heterocycles.